The minimum atomic E-state index is -0.422. The van der Waals surface area contributed by atoms with Crippen LogP contribution in [0.5, 0.6) is 0 Å². The molecule has 0 unspecified atom stereocenters. The zero-order valence-electron chi connectivity index (χ0n) is 13.3. The highest BCUT2D eigenvalue weighted by Gasteiger charge is 2.52. The summed E-state index contributed by atoms with van der Waals surface area (Å²) in [6, 6.07) is 10.6. The Labute approximate surface area is 127 Å². The second-order valence-corrected chi connectivity index (χ2v) is 7.54. The van der Waals surface area contributed by atoms with Gasteiger partial charge in [0, 0.05) is 19.0 Å². The van der Waals surface area contributed by atoms with Crippen LogP contribution in [0.1, 0.15) is 51.5 Å². The lowest BCUT2D eigenvalue weighted by Gasteiger charge is -2.43. The first-order valence-electron chi connectivity index (χ1n) is 7.93. The second-order valence-electron chi connectivity index (χ2n) is 7.54. The van der Waals surface area contributed by atoms with Gasteiger partial charge in [-0.05, 0) is 44.6 Å². The largest absolute Gasteiger partial charge is 0.444 e. The van der Waals surface area contributed by atoms with Crippen LogP contribution < -0.4 is 0 Å². The van der Waals surface area contributed by atoms with E-state index in [9.17, 15) is 4.79 Å². The van der Waals surface area contributed by atoms with E-state index in [1.807, 2.05) is 25.7 Å². The standard InChI is InChI=1S/C18H25NO2/c1-17(2,3)21-16(20)19-12-15(14-8-5-4-6-9-14)18(13-19)10-7-11-18/h4-6,8-9,15H,7,10-13H2,1-3H3/t15-/m1/s1. The fourth-order valence-electron chi connectivity index (χ4n) is 3.72. The highest BCUT2D eigenvalue weighted by molar-refractivity contribution is 5.69. The lowest BCUT2D eigenvalue weighted by atomic mass is 9.61. The molecule has 1 atom stereocenters. The number of ether oxygens (including phenoxy) is 1. The van der Waals surface area contributed by atoms with Crippen molar-refractivity contribution in [1.29, 1.82) is 0 Å². The van der Waals surface area contributed by atoms with Crippen molar-refractivity contribution in [2.75, 3.05) is 13.1 Å². The lowest BCUT2D eigenvalue weighted by molar-refractivity contribution is 0.0244. The van der Waals surface area contributed by atoms with E-state index >= 15 is 0 Å². The monoisotopic (exact) mass is 287 g/mol. The number of hydrogen-bond donors (Lipinski definition) is 0. The predicted molar refractivity (Wildman–Crippen MR) is 83.3 cm³/mol. The van der Waals surface area contributed by atoms with Crippen LogP contribution in [-0.2, 0) is 4.74 Å². The van der Waals surface area contributed by atoms with Crippen LogP contribution in [0.15, 0.2) is 30.3 Å². The summed E-state index contributed by atoms with van der Waals surface area (Å²) >= 11 is 0. The zero-order valence-corrected chi connectivity index (χ0v) is 13.3. The second kappa shape index (κ2) is 5.04. The number of carbonyl (C=O) groups is 1. The van der Waals surface area contributed by atoms with Gasteiger partial charge in [0.25, 0.3) is 0 Å². The number of amides is 1. The SMILES string of the molecule is CC(C)(C)OC(=O)N1C[C@H](c2ccccc2)C2(CCC2)C1. The first-order chi connectivity index (χ1) is 9.90. The molecule has 1 aliphatic heterocycles. The third kappa shape index (κ3) is 2.78. The molecule has 2 aliphatic rings. The zero-order chi connectivity index (χ0) is 15.1. The molecule has 1 aromatic rings. The van der Waals surface area contributed by atoms with E-state index < -0.39 is 5.60 Å². The average molecular weight is 287 g/mol. The van der Waals surface area contributed by atoms with Crippen LogP contribution in [0.3, 0.4) is 0 Å². The van der Waals surface area contributed by atoms with E-state index in [0.29, 0.717) is 5.92 Å². The van der Waals surface area contributed by atoms with Crippen molar-refractivity contribution in [2.45, 2.75) is 51.6 Å². The molecule has 2 fully saturated rings. The minimum absolute atomic E-state index is 0.160. The van der Waals surface area contributed by atoms with Crippen molar-refractivity contribution in [3.63, 3.8) is 0 Å². The Kier molecular flexibility index (Phi) is 3.46. The number of likely N-dealkylation sites (tertiary alicyclic amines) is 1. The Hall–Kier alpha value is -1.51. The van der Waals surface area contributed by atoms with Gasteiger partial charge in [-0.2, -0.15) is 0 Å². The highest BCUT2D eigenvalue weighted by atomic mass is 16.6. The summed E-state index contributed by atoms with van der Waals surface area (Å²) in [6.45, 7) is 7.42. The van der Waals surface area contributed by atoms with Gasteiger partial charge in [0.2, 0.25) is 0 Å². The van der Waals surface area contributed by atoms with Gasteiger partial charge in [0.1, 0.15) is 5.60 Å². The van der Waals surface area contributed by atoms with Gasteiger partial charge in [-0.1, -0.05) is 36.8 Å². The highest BCUT2D eigenvalue weighted by Crippen LogP contribution is 2.55. The van der Waals surface area contributed by atoms with Gasteiger partial charge >= 0.3 is 6.09 Å². The maximum Gasteiger partial charge on any atom is 0.410 e. The maximum absolute atomic E-state index is 12.4. The molecule has 0 bridgehead atoms. The van der Waals surface area contributed by atoms with Crippen LogP contribution in [0, 0.1) is 5.41 Å². The summed E-state index contributed by atoms with van der Waals surface area (Å²) in [5.41, 5.74) is 1.23. The molecule has 3 heteroatoms. The van der Waals surface area contributed by atoms with Crippen molar-refractivity contribution >= 4 is 6.09 Å². The first-order valence-corrected chi connectivity index (χ1v) is 7.93. The Morgan fingerprint density at radius 2 is 1.90 bits per heavy atom. The van der Waals surface area contributed by atoms with Crippen molar-refractivity contribution in [3.8, 4) is 0 Å². The molecular formula is C18H25NO2. The third-order valence-corrected chi connectivity index (χ3v) is 4.85. The molecule has 3 rings (SSSR count). The van der Waals surface area contributed by atoms with Gasteiger partial charge in [-0.25, -0.2) is 4.79 Å². The smallest absolute Gasteiger partial charge is 0.410 e. The summed E-state index contributed by atoms with van der Waals surface area (Å²) in [5, 5.41) is 0. The third-order valence-electron chi connectivity index (χ3n) is 4.85. The van der Waals surface area contributed by atoms with E-state index in [1.54, 1.807) is 0 Å². The van der Waals surface area contributed by atoms with Crippen LogP contribution in [0.25, 0.3) is 0 Å². The maximum atomic E-state index is 12.4. The molecule has 21 heavy (non-hydrogen) atoms. The number of nitrogens with zero attached hydrogens (tertiary/aromatic N) is 1. The number of benzene rings is 1. The Morgan fingerprint density at radius 1 is 1.24 bits per heavy atom. The number of rotatable bonds is 1. The molecule has 1 aliphatic carbocycles. The van der Waals surface area contributed by atoms with Gasteiger partial charge in [0.15, 0.2) is 0 Å². The van der Waals surface area contributed by atoms with E-state index in [0.717, 1.165) is 13.1 Å². The van der Waals surface area contributed by atoms with Crippen molar-refractivity contribution < 1.29 is 9.53 Å². The summed E-state index contributed by atoms with van der Waals surface area (Å²) in [5.74, 6) is 0.458. The van der Waals surface area contributed by atoms with Crippen LogP contribution in [0.2, 0.25) is 0 Å². The lowest BCUT2D eigenvalue weighted by Crippen LogP contribution is -2.39. The van der Waals surface area contributed by atoms with Gasteiger partial charge in [-0.3, -0.25) is 0 Å². The Morgan fingerprint density at radius 3 is 2.43 bits per heavy atom. The number of hydrogen-bond acceptors (Lipinski definition) is 2. The van der Waals surface area contributed by atoms with E-state index in [2.05, 4.69) is 30.3 Å². The van der Waals surface area contributed by atoms with Crippen molar-refractivity contribution in [3.05, 3.63) is 35.9 Å². The molecule has 3 nitrogen and oxygen atoms in total. The summed E-state index contributed by atoms with van der Waals surface area (Å²) in [4.78, 5) is 14.3. The number of carbonyl (C=O) groups excluding carboxylic acids is 1. The molecule has 1 saturated carbocycles. The van der Waals surface area contributed by atoms with E-state index in [-0.39, 0.29) is 11.5 Å². The molecule has 0 N–H and O–H groups in total. The molecule has 1 heterocycles. The van der Waals surface area contributed by atoms with Crippen LogP contribution in [0.4, 0.5) is 4.79 Å². The fourth-order valence-corrected chi connectivity index (χ4v) is 3.72. The van der Waals surface area contributed by atoms with Crippen molar-refractivity contribution in [1.82, 2.24) is 4.90 Å². The summed E-state index contributed by atoms with van der Waals surface area (Å²) in [6.07, 6.45) is 3.58. The summed E-state index contributed by atoms with van der Waals surface area (Å²) < 4.78 is 5.55. The van der Waals surface area contributed by atoms with Gasteiger partial charge in [0.05, 0.1) is 0 Å². The van der Waals surface area contributed by atoms with E-state index in [4.69, 9.17) is 4.74 Å². The minimum Gasteiger partial charge on any atom is -0.444 e. The quantitative estimate of drug-likeness (QED) is 0.775. The van der Waals surface area contributed by atoms with Crippen molar-refractivity contribution in [2.24, 2.45) is 5.41 Å². The molecular weight excluding hydrogens is 262 g/mol. The van der Waals surface area contributed by atoms with Gasteiger partial charge in [-0.15, -0.1) is 0 Å². The Bertz CT molecular complexity index is 514. The van der Waals surface area contributed by atoms with Crippen LogP contribution >= 0.6 is 0 Å². The topological polar surface area (TPSA) is 29.5 Å². The molecule has 114 valence electrons. The molecule has 1 spiro atoms. The van der Waals surface area contributed by atoms with Crippen LogP contribution in [-0.4, -0.2) is 29.7 Å². The molecule has 1 amide bonds. The van der Waals surface area contributed by atoms with Gasteiger partial charge < -0.3 is 9.64 Å². The normalized spacial score (nSPS) is 24.0. The Balaban J connectivity index is 1.78. The summed E-state index contributed by atoms with van der Waals surface area (Å²) in [7, 11) is 0. The fraction of sp³-hybridized carbons (Fsp3) is 0.611. The first kappa shape index (κ1) is 14.4. The molecule has 0 aromatic heterocycles. The predicted octanol–water partition coefficient (Wildman–Crippen LogP) is 4.19. The molecule has 0 radical (unpaired) electrons. The average Bonchev–Trinajstić information content (AvgIpc) is 2.78. The molecule has 1 aromatic carbocycles. The van der Waals surface area contributed by atoms with E-state index in [1.165, 1.54) is 24.8 Å². The molecule has 1 saturated heterocycles.